The van der Waals surface area contributed by atoms with Gasteiger partial charge < -0.3 is 15.2 Å². The molecule has 2 heterocycles. The van der Waals surface area contributed by atoms with Gasteiger partial charge in [-0.05, 0) is 12.1 Å². The number of aliphatic hydroxyl groups is 1. The van der Waals surface area contributed by atoms with Crippen LogP contribution in [-0.2, 0) is 14.8 Å². The van der Waals surface area contributed by atoms with Gasteiger partial charge in [-0.3, -0.25) is 0 Å². The van der Waals surface area contributed by atoms with E-state index in [9.17, 15) is 13.5 Å². The standard InChI is InChI=1S/C12H19N3O4S/c1-15(2)20(17,18)10-3-4-11(13-7-10)14-8-12(16)5-6-19-9-12/h3-4,7,16H,5-6,8-9H2,1-2H3,(H,13,14). The van der Waals surface area contributed by atoms with E-state index in [0.717, 1.165) is 4.31 Å². The zero-order valence-corrected chi connectivity index (χ0v) is 12.4. The molecule has 1 fully saturated rings. The van der Waals surface area contributed by atoms with Crippen molar-refractivity contribution in [2.75, 3.05) is 39.2 Å². The second-order valence-electron chi connectivity index (χ2n) is 5.05. The highest BCUT2D eigenvalue weighted by atomic mass is 32.2. The first-order valence-electron chi connectivity index (χ1n) is 6.26. The monoisotopic (exact) mass is 301 g/mol. The number of aromatic nitrogens is 1. The molecule has 2 rings (SSSR count). The van der Waals surface area contributed by atoms with Crippen LogP contribution in [0.2, 0.25) is 0 Å². The molecule has 1 aliphatic rings. The summed E-state index contributed by atoms with van der Waals surface area (Å²) in [5.41, 5.74) is -0.879. The van der Waals surface area contributed by atoms with Crippen LogP contribution < -0.4 is 5.32 Å². The van der Waals surface area contributed by atoms with Gasteiger partial charge in [0.05, 0.1) is 6.61 Å². The number of nitrogens with one attached hydrogen (secondary N) is 1. The third-order valence-corrected chi connectivity index (χ3v) is 4.99. The van der Waals surface area contributed by atoms with Gasteiger partial charge >= 0.3 is 0 Å². The molecule has 0 radical (unpaired) electrons. The molecule has 8 heteroatoms. The molecule has 1 atom stereocenters. The number of ether oxygens (including phenoxy) is 1. The van der Waals surface area contributed by atoms with E-state index in [2.05, 4.69) is 10.3 Å². The Morgan fingerprint density at radius 1 is 1.50 bits per heavy atom. The van der Waals surface area contributed by atoms with Crippen molar-refractivity contribution in [3.8, 4) is 0 Å². The summed E-state index contributed by atoms with van der Waals surface area (Å²) in [5, 5.41) is 13.1. The topological polar surface area (TPSA) is 91.8 Å². The van der Waals surface area contributed by atoms with Crippen molar-refractivity contribution in [3.05, 3.63) is 18.3 Å². The lowest BCUT2D eigenvalue weighted by atomic mass is 10.0. The summed E-state index contributed by atoms with van der Waals surface area (Å²) in [5.74, 6) is 0.517. The fraction of sp³-hybridized carbons (Fsp3) is 0.583. The van der Waals surface area contributed by atoms with E-state index in [1.807, 2.05) is 0 Å². The Hall–Kier alpha value is -1.22. The molecule has 1 saturated heterocycles. The summed E-state index contributed by atoms with van der Waals surface area (Å²) >= 11 is 0. The molecular weight excluding hydrogens is 282 g/mol. The van der Waals surface area contributed by atoms with Crippen molar-refractivity contribution >= 4 is 15.8 Å². The first-order chi connectivity index (χ1) is 9.33. The minimum Gasteiger partial charge on any atom is -0.386 e. The molecule has 1 aliphatic heterocycles. The molecule has 0 aromatic carbocycles. The predicted molar refractivity (Wildman–Crippen MR) is 74.0 cm³/mol. The number of hydrogen-bond acceptors (Lipinski definition) is 6. The van der Waals surface area contributed by atoms with Gasteiger partial charge in [0, 0.05) is 39.9 Å². The number of nitrogens with zero attached hydrogens (tertiary/aromatic N) is 2. The van der Waals surface area contributed by atoms with Crippen molar-refractivity contribution in [1.29, 1.82) is 0 Å². The van der Waals surface area contributed by atoms with E-state index in [1.54, 1.807) is 6.07 Å². The molecule has 0 spiro atoms. The van der Waals surface area contributed by atoms with Crippen molar-refractivity contribution in [2.45, 2.75) is 16.9 Å². The smallest absolute Gasteiger partial charge is 0.244 e. The number of rotatable bonds is 5. The SMILES string of the molecule is CN(C)S(=O)(=O)c1ccc(NCC2(O)CCOC2)nc1. The predicted octanol–water partition coefficient (Wildman–Crippen LogP) is -0.105. The van der Waals surface area contributed by atoms with E-state index < -0.39 is 15.6 Å². The molecule has 112 valence electrons. The van der Waals surface area contributed by atoms with Gasteiger partial charge in [0.15, 0.2) is 0 Å². The molecule has 1 aromatic heterocycles. The van der Waals surface area contributed by atoms with Gasteiger partial charge in [0.1, 0.15) is 16.3 Å². The van der Waals surface area contributed by atoms with Gasteiger partial charge in [0.2, 0.25) is 10.0 Å². The lowest BCUT2D eigenvalue weighted by molar-refractivity contribution is 0.0381. The third-order valence-electron chi connectivity index (χ3n) is 3.20. The Balaban J connectivity index is 2.02. The average molecular weight is 301 g/mol. The average Bonchev–Trinajstić information content (AvgIpc) is 2.84. The second-order valence-corrected chi connectivity index (χ2v) is 7.20. The molecule has 0 bridgehead atoms. The zero-order valence-electron chi connectivity index (χ0n) is 11.5. The number of sulfonamides is 1. The van der Waals surface area contributed by atoms with Crippen LogP contribution in [0.25, 0.3) is 0 Å². The highest BCUT2D eigenvalue weighted by Crippen LogP contribution is 2.19. The molecular formula is C12H19N3O4S. The summed E-state index contributed by atoms with van der Waals surface area (Å²) < 4.78 is 30.0. The Morgan fingerprint density at radius 2 is 2.25 bits per heavy atom. The Morgan fingerprint density at radius 3 is 2.75 bits per heavy atom. The molecule has 0 aliphatic carbocycles. The minimum atomic E-state index is -3.46. The lowest BCUT2D eigenvalue weighted by Gasteiger charge is -2.21. The van der Waals surface area contributed by atoms with Crippen LogP contribution in [-0.4, -0.2) is 62.3 Å². The van der Waals surface area contributed by atoms with Crippen molar-refractivity contribution in [3.63, 3.8) is 0 Å². The van der Waals surface area contributed by atoms with Gasteiger partial charge in [0.25, 0.3) is 0 Å². The van der Waals surface area contributed by atoms with Gasteiger partial charge in [-0.1, -0.05) is 0 Å². The highest BCUT2D eigenvalue weighted by molar-refractivity contribution is 7.89. The van der Waals surface area contributed by atoms with Crippen LogP contribution in [0.1, 0.15) is 6.42 Å². The zero-order chi connectivity index (χ0) is 14.8. The molecule has 7 nitrogen and oxygen atoms in total. The van der Waals surface area contributed by atoms with Crippen molar-refractivity contribution in [1.82, 2.24) is 9.29 Å². The van der Waals surface area contributed by atoms with Crippen LogP contribution in [0.15, 0.2) is 23.2 Å². The summed E-state index contributed by atoms with van der Waals surface area (Å²) in [6, 6.07) is 3.06. The number of hydrogen-bond donors (Lipinski definition) is 2. The van der Waals surface area contributed by atoms with Crippen molar-refractivity contribution in [2.24, 2.45) is 0 Å². The third kappa shape index (κ3) is 3.26. The maximum atomic E-state index is 11.9. The van der Waals surface area contributed by atoms with Crippen LogP contribution in [0.5, 0.6) is 0 Å². The summed E-state index contributed by atoms with van der Waals surface area (Å²) in [7, 11) is -0.524. The van der Waals surface area contributed by atoms with E-state index in [4.69, 9.17) is 4.74 Å². The van der Waals surface area contributed by atoms with Crippen LogP contribution in [0, 0.1) is 0 Å². The van der Waals surface area contributed by atoms with Crippen molar-refractivity contribution < 1.29 is 18.3 Å². The van der Waals surface area contributed by atoms with Gasteiger partial charge in [-0.15, -0.1) is 0 Å². The van der Waals surface area contributed by atoms with E-state index in [-0.39, 0.29) is 4.90 Å². The Bertz CT molecular complexity index is 551. The lowest BCUT2D eigenvalue weighted by Crippen LogP contribution is -2.37. The normalized spacial score (nSPS) is 23.2. The molecule has 1 aromatic rings. The number of pyridine rings is 1. The Kier molecular flexibility index (Phi) is 4.28. The van der Waals surface area contributed by atoms with E-state index in [0.29, 0.717) is 32.0 Å². The molecule has 0 saturated carbocycles. The molecule has 20 heavy (non-hydrogen) atoms. The van der Waals surface area contributed by atoms with Crippen LogP contribution in [0.4, 0.5) is 5.82 Å². The van der Waals surface area contributed by atoms with Crippen LogP contribution in [0.3, 0.4) is 0 Å². The molecule has 2 N–H and O–H groups in total. The summed E-state index contributed by atoms with van der Waals surface area (Å²) in [6.07, 6.45) is 1.87. The largest absolute Gasteiger partial charge is 0.386 e. The second kappa shape index (κ2) is 5.65. The molecule has 1 unspecified atom stereocenters. The fourth-order valence-electron chi connectivity index (χ4n) is 1.84. The maximum absolute atomic E-state index is 11.9. The first-order valence-corrected chi connectivity index (χ1v) is 7.70. The number of anilines is 1. The summed E-state index contributed by atoms with van der Waals surface area (Å²) in [4.78, 5) is 4.19. The van der Waals surface area contributed by atoms with E-state index >= 15 is 0 Å². The summed E-state index contributed by atoms with van der Waals surface area (Å²) in [6.45, 7) is 1.17. The minimum absolute atomic E-state index is 0.135. The Labute approximate surface area is 118 Å². The quantitative estimate of drug-likeness (QED) is 0.789. The molecule has 0 amide bonds. The fourth-order valence-corrected chi connectivity index (χ4v) is 2.69. The van der Waals surface area contributed by atoms with E-state index in [1.165, 1.54) is 26.4 Å². The van der Waals surface area contributed by atoms with Gasteiger partial charge in [-0.2, -0.15) is 0 Å². The van der Waals surface area contributed by atoms with Gasteiger partial charge in [-0.25, -0.2) is 17.7 Å². The highest BCUT2D eigenvalue weighted by Gasteiger charge is 2.32. The maximum Gasteiger partial charge on any atom is 0.244 e. The van der Waals surface area contributed by atoms with Crippen LogP contribution >= 0.6 is 0 Å². The first kappa shape index (κ1) is 15.2.